The van der Waals surface area contributed by atoms with E-state index in [0.717, 1.165) is 16.8 Å². The van der Waals surface area contributed by atoms with E-state index in [0.29, 0.717) is 6.42 Å². The maximum absolute atomic E-state index is 11.4. The average molecular weight is 284 g/mol. The van der Waals surface area contributed by atoms with E-state index < -0.39 is 5.54 Å². The molecular weight excluding hydrogens is 261 g/mol. The molecule has 0 aliphatic heterocycles. The molecule has 17 heavy (non-hydrogen) atoms. The fourth-order valence-corrected chi connectivity index (χ4v) is 1.35. The topological polar surface area (TPSA) is 29.5 Å². The summed E-state index contributed by atoms with van der Waals surface area (Å²) in [6.07, 6.45) is 6.08. The van der Waals surface area contributed by atoms with Crippen molar-refractivity contribution < 1.29 is 9.53 Å². The first-order valence-electron chi connectivity index (χ1n) is 6.17. The number of halogens is 2. The molecular formula is C12H23Cl2NO2. The number of ether oxygens (including phenoxy) is 1. The Bertz CT molecular complexity index is 221. The number of esters is 1. The fourth-order valence-electron chi connectivity index (χ4n) is 1.25. The molecule has 5 heteroatoms. The quantitative estimate of drug-likeness (QED) is 0.359. The van der Waals surface area contributed by atoms with Gasteiger partial charge in [0.1, 0.15) is 6.61 Å². The van der Waals surface area contributed by atoms with Crippen molar-refractivity contribution in [2.45, 2.75) is 64.8 Å². The predicted octanol–water partition coefficient (Wildman–Crippen LogP) is 4.28. The number of hydrogen-bond donors (Lipinski definition) is 0. The third-order valence-electron chi connectivity index (χ3n) is 2.53. The van der Waals surface area contributed by atoms with Crippen LogP contribution in [0.1, 0.15) is 59.3 Å². The normalized spacial score (nSPS) is 11.9. The van der Waals surface area contributed by atoms with E-state index in [-0.39, 0.29) is 12.6 Å². The van der Waals surface area contributed by atoms with Crippen LogP contribution in [0.5, 0.6) is 0 Å². The van der Waals surface area contributed by atoms with Gasteiger partial charge in [-0.3, -0.25) is 4.79 Å². The van der Waals surface area contributed by atoms with Crippen molar-refractivity contribution in [1.29, 1.82) is 0 Å². The Balaban J connectivity index is 3.60. The average Bonchev–Trinajstić information content (AvgIpc) is 2.26. The van der Waals surface area contributed by atoms with E-state index in [1.807, 2.05) is 13.8 Å². The standard InChI is InChI=1S/C12H23Cl2NO2/c1-4-5-6-7-8-9-11(16)17-10-12(2,3)15(13)14/h4-10H2,1-3H3. The first kappa shape index (κ1) is 17.0. The Labute approximate surface area is 115 Å². The van der Waals surface area contributed by atoms with Crippen molar-refractivity contribution in [3.63, 3.8) is 0 Å². The van der Waals surface area contributed by atoms with E-state index in [1.165, 1.54) is 19.3 Å². The van der Waals surface area contributed by atoms with Gasteiger partial charge < -0.3 is 4.74 Å². The Morgan fingerprint density at radius 3 is 2.29 bits per heavy atom. The molecule has 0 heterocycles. The second-order valence-electron chi connectivity index (χ2n) is 4.87. The highest BCUT2D eigenvalue weighted by atomic mass is 35.5. The second-order valence-corrected chi connectivity index (χ2v) is 5.72. The zero-order valence-electron chi connectivity index (χ0n) is 11.0. The first-order valence-corrected chi connectivity index (χ1v) is 6.85. The molecule has 0 rings (SSSR count). The summed E-state index contributed by atoms with van der Waals surface area (Å²) in [5.41, 5.74) is -0.555. The number of carbonyl (C=O) groups is 1. The largest absolute Gasteiger partial charge is 0.464 e. The molecule has 3 nitrogen and oxygen atoms in total. The maximum Gasteiger partial charge on any atom is 0.305 e. The number of carbonyl (C=O) groups excluding carboxylic acids is 1. The van der Waals surface area contributed by atoms with Crippen molar-refractivity contribution in [2.75, 3.05) is 6.61 Å². The summed E-state index contributed by atoms with van der Waals surface area (Å²) >= 11 is 11.2. The van der Waals surface area contributed by atoms with Crippen LogP contribution in [-0.2, 0) is 9.53 Å². The van der Waals surface area contributed by atoms with Crippen LogP contribution < -0.4 is 0 Å². The number of nitrogens with zero attached hydrogens (tertiary/aromatic N) is 1. The molecule has 0 N–H and O–H groups in total. The van der Waals surface area contributed by atoms with E-state index in [9.17, 15) is 4.79 Å². The zero-order chi connectivity index (χ0) is 13.3. The van der Waals surface area contributed by atoms with Crippen LogP contribution >= 0.6 is 23.6 Å². The van der Waals surface area contributed by atoms with Gasteiger partial charge in [0.15, 0.2) is 0 Å². The molecule has 0 spiro atoms. The van der Waals surface area contributed by atoms with Crippen LogP contribution in [0.15, 0.2) is 0 Å². The van der Waals surface area contributed by atoms with Gasteiger partial charge in [-0.2, -0.15) is 0 Å². The van der Waals surface area contributed by atoms with E-state index in [2.05, 4.69) is 6.92 Å². The van der Waals surface area contributed by atoms with Crippen molar-refractivity contribution in [3.05, 3.63) is 0 Å². The van der Waals surface area contributed by atoms with E-state index in [1.54, 1.807) is 0 Å². The van der Waals surface area contributed by atoms with Gasteiger partial charge in [-0.05, 0) is 43.8 Å². The van der Waals surface area contributed by atoms with Crippen LogP contribution in [0.4, 0.5) is 0 Å². The lowest BCUT2D eigenvalue weighted by molar-refractivity contribution is -0.146. The van der Waals surface area contributed by atoms with Crippen molar-refractivity contribution in [3.8, 4) is 0 Å². The molecule has 0 bridgehead atoms. The van der Waals surface area contributed by atoms with Crippen LogP contribution in [0, 0.1) is 0 Å². The molecule has 0 aromatic carbocycles. The Kier molecular flexibility index (Phi) is 9.01. The third kappa shape index (κ3) is 8.70. The molecule has 0 saturated carbocycles. The molecule has 0 atom stereocenters. The van der Waals surface area contributed by atoms with Gasteiger partial charge in [0.2, 0.25) is 0 Å². The molecule has 0 amide bonds. The number of rotatable bonds is 9. The third-order valence-corrected chi connectivity index (χ3v) is 3.44. The fraction of sp³-hybridized carbons (Fsp3) is 0.917. The predicted molar refractivity (Wildman–Crippen MR) is 72.0 cm³/mol. The van der Waals surface area contributed by atoms with Crippen LogP contribution in [0.25, 0.3) is 0 Å². The molecule has 0 aromatic rings. The van der Waals surface area contributed by atoms with Crippen molar-refractivity contribution in [2.24, 2.45) is 0 Å². The molecule has 0 fully saturated rings. The lowest BCUT2D eigenvalue weighted by Crippen LogP contribution is -2.37. The van der Waals surface area contributed by atoms with Gasteiger partial charge >= 0.3 is 5.97 Å². The lowest BCUT2D eigenvalue weighted by atomic mass is 10.1. The lowest BCUT2D eigenvalue weighted by Gasteiger charge is -2.26. The maximum atomic E-state index is 11.4. The smallest absolute Gasteiger partial charge is 0.305 e. The zero-order valence-corrected chi connectivity index (χ0v) is 12.5. The molecule has 0 aliphatic rings. The molecule has 0 unspecified atom stereocenters. The minimum absolute atomic E-state index is 0.176. The minimum atomic E-state index is -0.555. The van der Waals surface area contributed by atoms with Gasteiger partial charge in [0, 0.05) is 6.42 Å². The summed E-state index contributed by atoms with van der Waals surface area (Å²) in [5, 5.41) is 0. The highest BCUT2D eigenvalue weighted by Gasteiger charge is 2.26. The summed E-state index contributed by atoms with van der Waals surface area (Å²) in [7, 11) is 0. The van der Waals surface area contributed by atoms with Gasteiger partial charge in [-0.25, -0.2) is 0 Å². The van der Waals surface area contributed by atoms with Crippen molar-refractivity contribution in [1.82, 2.24) is 3.94 Å². The monoisotopic (exact) mass is 283 g/mol. The highest BCUT2D eigenvalue weighted by Crippen LogP contribution is 2.20. The van der Waals surface area contributed by atoms with Crippen LogP contribution in [0.3, 0.4) is 0 Å². The highest BCUT2D eigenvalue weighted by molar-refractivity contribution is 6.34. The molecule has 102 valence electrons. The first-order chi connectivity index (χ1) is 7.90. The number of hydrogen-bond acceptors (Lipinski definition) is 3. The summed E-state index contributed by atoms with van der Waals surface area (Å²) in [5.74, 6) is -0.176. The SMILES string of the molecule is CCCCCCCC(=O)OCC(C)(C)N(Cl)Cl. The van der Waals surface area contributed by atoms with Gasteiger partial charge in [-0.15, -0.1) is 3.94 Å². The summed E-state index contributed by atoms with van der Waals surface area (Å²) in [6, 6.07) is 0. The van der Waals surface area contributed by atoms with E-state index >= 15 is 0 Å². The summed E-state index contributed by atoms with van der Waals surface area (Å²) < 4.78 is 6.14. The van der Waals surface area contributed by atoms with E-state index in [4.69, 9.17) is 28.3 Å². The molecule has 0 aromatic heterocycles. The Morgan fingerprint density at radius 1 is 1.18 bits per heavy atom. The Morgan fingerprint density at radius 2 is 1.76 bits per heavy atom. The van der Waals surface area contributed by atoms with Crippen LogP contribution in [0.2, 0.25) is 0 Å². The summed E-state index contributed by atoms with van der Waals surface area (Å²) in [4.78, 5) is 11.4. The Hall–Kier alpha value is 0.01000. The van der Waals surface area contributed by atoms with Gasteiger partial charge in [0.05, 0.1) is 5.54 Å². The van der Waals surface area contributed by atoms with Crippen molar-refractivity contribution >= 4 is 29.5 Å². The molecule has 0 radical (unpaired) electrons. The van der Waals surface area contributed by atoms with Crippen LogP contribution in [-0.4, -0.2) is 22.1 Å². The molecule has 0 saturated heterocycles. The molecule has 0 aliphatic carbocycles. The second kappa shape index (κ2) is 9.01. The van der Waals surface area contributed by atoms with Gasteiger partial charge in [0.25, 0.3) is 0 Å². The minimum Gasteiger partial charge on any atom is -0.464 e. The van der Waals surface area contributed by atoms with Gasteiger partial charge in [-0.1, -0.05) is 32.6 Å². The summed E-state index contributed by atoms with van der Waals surface area (Å²) in [6.45, 7) is 5.98. The number of unbranched alkanes of at least 4 members (excludes halogenated alkanes) is 4.